The molecule has 2 unspecified atom stereocenters. The first-order chi connectivity index (χ1) is 11.0. The molecule has 0 aliphatic rings. The fourth-order valence-electron chi connectivity index (χ4n) is 2.10. The zero-order valence-electron chi connectivity index (χ0n) is 13.0. The van der Waals surface area contributed by atoms with Crippen molar-refractivity contribution in [3.63, 3.8) is 0 Å². The second-order valence-electron chi connectivity index (χ2n) is 5.34. The zero-order chi connectivity index (χ0) is 16.8. The summed E-state index contributed by atoms with van der Waals surface area (Å²) >= 11 is 5.78. The predicted molar refractivity (Wildman–Crippen MR) is 90.1 cm³/mol. The van der Waals surface area contributed by atoms with Crippen molar-refractivity contribution in [2.45, 2.75) is 32.4 Å². The lowest BCUT2D eigenvalue weighted by Gasteiger charge is -2.17. The van der Waals surface area contributed by atoms with Crippen molar-refractivity contribution < 1.29 is 9.18 Å². The van der Waals surface area contributed by atoms with Crippen LogP contribution in [-0.2, 0) is 0 Å². The van der Waals surface area contributed by atoms with Crippen LogP contribution in [0, 0.1) is 5.82 Å². The van der Waals surface area contributed by atoms with Crippen molar-refractivity contribution >= 4 is 23.4 Å². The second-order valence-corrected chi connectivity index (χ2v) is 5.56. The molecule has 2 N–H and O–H groups in total. The van der Waals surface area contributed by atoms with Gasteiger partial charge in [-0.25, -0.2) is 14.2 Å². The first-order valence-corrected chi connectivity index (χ1v) is 7.81. The Bertz CT molecular complexity index is 663. The molecular formula is C17H19ClFN3O. The van der Waals surface area contributed by atoms with E-state index < -0.39 is 6.04 Å². The number of nitrogens with zero attached hydrogens (tertiary/aromatic N) is 1. The van der Waals surface area contributed by atoms with Gasteiger partial charge in [0.1, 0.15) is 17.7 Å². The van der Waals surface area contributed by atoms with Crippen molar-refractivity contribution in [2.75, 3.05) is 5.32 Å². The van der Waals surface area contributed by atoms with E-state index in [0.717, 1.165) is 6.42 Å². The van der Waals surface area contributed by atoms with Gasteiger partial charge in [-0.05, 0) is 67.1 Å². The standard InChI is InChI=1S/C17H19ClFN3O/c1-3-11(2)21-15-10-13(8-9-20-15)16(22-18)17(23)12-4-6-14(19)7-5-12/h4-11,16,22H,3H2,1-2H3,(H,20,21). The Kier molecular flexibility index (Phi) is 6.07. The number of halogens is 2. The van der Waals surface area contributed by atoms with Gasteiger partial charge < -0.3 is 5.32 Å². The molecule has 6 heteroatoms. The highest BCUT2D eigenvalue weighted by molar-refractivity contribution is 6.16. The maximum absolute atomic E-state index is 13.0. The van der Waals surface area contributed by atoms with Crippen molar-refractivity contribution in [1.29, 1.82) is 0 Å². The van der Waals surface area contributed by atoms with Crippen LogP contribution in [0.15, 0.2) is 42.6 Å². The summed E-state index contributed by atoms with van der Waals surface area (Å²) in [7, 11) is 0. The molecule has 2 rings (SSSR count). The normalized spacial score (nSPS) is 13.4. The number of hydrogen-bond donors (Lipinski definition) is 2. The van der Waals surface area contributed by atoms with Gasteiger partial charge in [0, 0.05) is 17.8 Å². The summed E-state index contributed by atoms with van der Waals surface area (Å²) < 4.78 is 13.0. The molecule has 0 aliphatic carbocycles. The monoisotopic (exact) mass is 335 g/mol. The van der Waals surface area contributed by atoms with Gasteiger partial charge in [-0.15, -0.1) is 0 Å². The molecule has 23 heavy (non-hydrogen) atoms. The lowest BCUT2D eigenvalue weighted by atomic mass is 9.99. The van der Waals surface area contributed by atoms with Gasteiger partial charge in [0.2, 0.25) is 0 Å². The van der Waals surface area contributed by atoms with Crippen LogP contribution < -0.4 is 10.2 Å². The number of pyridine rings is 1. The fourth-order valence-corrected chi connectivity index (χ4v) is 2.33. The van der Waals surface area contributed by atoms with Crippen molar-refractivity contribution in [3.05, 3.63) is 59.5 Å². The average molecular weight is 336 g/mol. The van der Waals surface area contributed by atoms with Gasteiger partial charge in [0.05, 0.1) is 0 Å². The van der Waals surface area contributed by atoms with E-state index in [4.69, 9.17) is 11.8 Å². The minimum Gasteiger partial charge on any atom is -0.368 e. The Labute approximate surface area is 140 Å². The summed E-state index contributed by atoms with van der Waals surface area (Å²) in [5.41, 5.74) is 1.08. The quantitative estimate of drug-likeness (QED) is 0.591. The van der Waals surface area contributed by atoms with E-state index in [0.29, 0.717) is 16.9 Å². The molecular weight excluding hydrogens is 317 g/mol. The number of anilines is 1. The Hall–Kier alpha value is -1.98. The largest absolute Gasteiger partial charge is 0.368 e. The minimum absolute atomic E-state index is 0.235. The number of carbonyl (C=O) groups excluding carboxylic acids is 1. The van der Waals surface area contributed by atoms with Crippen molar-refractivity contribution in [3.8, 4) is 0 Å². The predicted octanol–water partition coefficient (Wildman–Crippen LogP) is 4.10. The van der Waals surface area contributed by atoms with E-state index in [1.165, 1.54) is 24.3 Å². The van der Waals surface area contributed by atoms with E-state index in [2.05, 4.69) is 29.0 Å². The van der Waals surface area contributed by atoms with Crippen LogP contribution in [0.25, 0.3) is 0 Å². The number of benzene rings is 1. The van der Waals surface area contributed by atoms with Crippen LogP contribution in [-0.4, -0.2) is 16.8 Å². The molecule has 0 radical (unpaired) electrons. The molecule has 0 saturated carbocycles. The number of rotatable bonds is 7. The second kappa shape index (κ2) is 8.04. The Morgan fingerprint density at radius 3 is 2.61 bits per heavy atom. The smallest absolute Gasteiger partial charge is 0.185 e. The number of aromatic nitrogens is 1. The van der Waals surface area contributed by atoms with Gasteiger partial charge in [-0.3, -0.25) is 4.79 Å². The molecule has 0 aliphatic heterocycles. The molecule has 0 fully saturated rings. The van der Waals surface area contributed by atoms with Gasteiger partial charge in [-0.2, -0.15) is 0 Å². The molecule has 2 aromatic rings. The maximum Gasteiger partial charge on any atom is 0.185 e. The van der Waals surface area contributed by atoms with Crippen LogP contribution in [0.3, 0.4) is 0 Å². The minimum atomic E-state index is -0.734. The van der Waals surface area contributed by atoms with E-state index >= 15 is 0 Å². The highest BCUT2D eigenvalue weighted by Gasteiger charge is 2.22. The summed E-state index contributed by atoms with van der Waals surface area (Å²) in [6.07, 6.45) is 2.58. The van der Waals surface area contributed by atoms with E-state index in [1.54, 1.807) is 18.3 Å². The lowest BCUT2D eigenvalue weighted by Crippen LogP contribution is -2.23. The molecule has 1 aromatic heterocycles. The number of hydrogen-bond acceptors (Lipinski definition) is 4. The zero-order valence-corrected chi connectivity index (χ0v) is 13.8. The lowest BCUT2D eigenvalue weighted by molar-refractivity contribution is 0.0954. The summed E-state index contributed by atoms with van der Waals surface area (Å²) in [6, 6.07) is 8.44. The molecule has 0 bridgehead atoms. The molecule has 0 spiro atoms. The van der Waals surface area contributed by atoms with E-state index in [-0.39, 0.29) is 17.6 Å². The first kappa shape index (κ1) is 17.4. The highest BCUT2D eigenvalue weighted by Crippen LogP contribution is 2.22. The number of carbonyl (C=O) groups is 1. The van der Waals surface area contributed by atoms with Crippen molar-refractivity contribution in [1.82, 2.24) is 9.82 Å². The molecule has 4 nitrogen and oxygen atoms in total. The van der Waals surface area contributed by atoms with Crippen LogP contribution in [0.5, 0.6) is 0 Å². The number of ketones is 1. The van der Waals surface area contributed by atoms with Crippen LogP contribution >= 0.6 is 11.8 Å². The van der Waals surface area contributed by atoms with Gasteiger partial charge >= 0.3 is 0 Å². The van der Waals surface area contributed by atoms with E-state index in [9.17, 15) is 9.18 Å². The summed E-state index contributed by atoms with van der Waals surface area (Å²) in [5.74, 6) is 0.0576. The molecule has 122 valence electrons. The molecule has 2 atom stereocenters. The third kappa shape index (κ3) is 4.50. The molecule has 1 heterocycles. The summed E-state index contributed by atoms with van der Waals surface area (Å²) in [4.78, 5) is 19.3. The van der Waals surface area contributed by atoms with Crippen molar-refractivity contribution in [2.24, 2.45) is 0 Å². The highest BCUT2D eigenvalue weighted by atomic mass is 35.5. The average Bonchev–Trinajstić information content (AvgIpc) is 2.56. The van der Waals surface area contributed by atoms with Gasteiger partial charge in [-0.1, -0.05) is 6.92 Å². The summed E-state index contributed by atoms with van der Waals surface area (Å²) in [6.45, 7) is 4.12. The Morgan fingerprint density at radius 1 is 1.30 bits per heavy atom. The maximum atomic E-state index is 13.0. The SMILES string of the molecule is CCC(C)Nc1cc(C(NCl)C(=O)c2ccc(F)cc2)ccn1. The topological polar surface area (TPSA) is 54.0 Å². The number of Topliss-reactive ketones (excluding diaryl/α,β-unsaturated/α-hetero) is 1. The Morgan fingerprint density at radius 2 is 2.00 bits per heavy atom. The van der Waals surface area contributed by atoms with Gasteiger partial charge in [0.25, 0.3) is 0 Å². The molecule has 0 saturated heterocycles. The van der Waals surface area contributed by atoms with Gasteiger partial charge in [0.15, 0.2) is 5.78 Å². The molecule has 1 aromatic carbocycles. The summed E-state index contributed by atoms with van der Waals surface area (Å²) in [5, 5.41) is 3.25. The van der Waals surface area contributed by atoms with Crippen LogP contribution in [0.2, 0.25) is 0 Å². The Balaban J connectivity index is 2.24. The molecule has 0 amide bonds. The fraction of sp³-hybridized carbons (Fsp3) is 0.294. The third-order valence-electron chi connectivity index (χ3n) is 3.62. The van der Waals surface area contributed by atoms with Crippen LogP contribution in [0.4, 0.5) is 10.2 Å². The van der Waals surface area contributed by atoms with Crippen LogP contribution in [0.1, 0.15) is 42.2 Å². The third-order valence-corrected chi connectivity index (χ3v) is 3.84. The van der Waals surface area contributed by atoms with E-state index in [1.807, 2.05) is 0 Å². The first-order valence-electron chi connectivity index (χ1n) is 7.43. The number of nitrogens with one attached hydrogen (secondary N) is 2.